The van der Waals surface area contributed by atoms with E-state index < -0.39 is 12.8 Å². The molecule has 0 radical (unpaired) electrons. The number of alkyl halides is 3. The van der Waals surface area contributed by atoms with Gasteiger partial charge in [0, 0.05) is 18.8 Å². The molecule has 3 nitrogen and oxygen atoms in total. The van der Waals surface area contributed by atoms with Gasteiger partial charge in [0.25, 0.3) is 0 Å². The predicted octanol–water partition coefficient (Wildman–Crippen LogP) is 4.15. The minimum Gasteiger partial charge on any atom is -0.483 e. The largest absolute Gasteiger partial charge is 0.483 e. The Morgan fingerprint density at radius 1 is 1.24 bits per heavy atom. The summed E-state index contributed by atoms with van der Waals surface area (Å²) in [7, 11) is 1.76. The monoisotopic (exact) mass is 298 g/mol. The van der Waals surface area contributed by atoms with Crippen molar-refractivity contribution in [2.24, 2.45) is 7.05 Å². The molecule has 1 aromatic heterocycles. The van der Waals surface area contributed by atoms with Crippen molar-refractivity contribution in [3.63, 3.8) is 0 Å². The molecule has 114 valence electrons. The molecule has 0 bridgehead atoms. The molecule has 0 unspecified atom stereocenters. The van der Waals surface area contributed by atoms with Gasteiger partial charge in [-0.25, -0.2) is 0 Å². The number of ether oxygens (including phenoxy) is 1. The quantitative estimate of drug-likeness (QED) is 0.847. The fourth-order valence-electron chi connectivity index (χ4n) is 2.09. The zero-order chi connectivity index (χ0) is 15.6. The summed E-state index contributed by atoms with van der Waals surface area (Å²) in [5.41, 5.74) is 1.91. The van der Waals surface area contributed by atoms with Crippen LogP contribution in [0.1, 0.15) is 25.3 Å². The van der Waals surface area contributed by atoms with Crippen LogP contribution < -0.4 is 4.74 Å². The third kappa shape index (κ3) is 3.77. The van der Waals surface area contributed by atoms with Crippen LogP contribution in [0.3, 0.4) is 0 Å². The molecule has 2 rings (SSSR count). The van der Waals surface area contributed by atoms with Crippen LogP contribution in [0.25, 0.3) is 11.3 Å². The van der Waals surface area contributed by atoms with Crippen molar-refractivity contribution in [1.82, 2.24) is 9.78 Å². The fourth-order valence-corrected chi connectivity index (χ4v) is 2.09. The van der Waals surface area contributed by atoms with Crippen molar-refractivity contribution in [1.29, 1.82) is 0 Å². The summed E-state index contributed by atoms with van der Waals surface area (Å²) in [6, 6.07) is 7.06. The Morgan fingerprint density at radius 2 is 1.95 bits per heavy atom. The molecule has 0 fully saturated rings. The van der Waals surface area contributed by atoms with Gasteiger partial charge in [-0.05, 0) is 23.6 Å². The van der Waals surface area contributed by atoms with Gasteiger partial charge in [0.2, 0.25) is 0 Å². The lowest BCUT2D eigenvalue weighted by Crippen LogP contribution is -2.20. The SMILES string of the molecule is CC(C)c1cccc(-c2ccn(C)n2)c1OCC(F)(F)F. The molecule has 0 aliphatic carbocycles. The van der Waals surface area contributed by atoms with Crippen LogP contribution in [0.5, 0.6) is 5.75 Å². The maximum Gasteiger partial charge on any atom is 0.422 e. The van der Waals surface area contributed by atoms with Crippen molar-refractivity contribution >= 4 is 0 Å². The van der Waals surface area contributed by atoms with Crippen LogP contribution in [0.15, 0.2) is 30.5 Å². The summed E-state index contributed by atoms with van der Waals surface area (Å²) in [5, 5.41) is 4.24. The standard InChI is InChI=1S/C15H17F3N2O/c1-10(2)11-5-4-6-12(13-7-8-20(3)19-13)14(11)21-9-15(16,17)18/h4-8,10H,9H2,1-3H3. The van der Waals surface area contributed by atoms with Crippen LogP contribution in [-0.2, 0) is 7.05 Å². The van der Waals surface area contributed by atoms with Crippen molar-refractivity contribution in [2.45, 2.75) is 25.9 Å². The van der Waals surface area contributed by atoms with Crippen LogP contribution >= 0.6 is 0 Å². The third-order valence-corrected chi connectivity index (χ3v) is 3.04. The molecule has 0 aliphatic rings. The second-order valence-corrected chi connectivity index (χ2v) is 5.16. The van der Waals surface area contributed by atoms with Crippen LogP contribution in [-0.4, -0.2) is 22.6 Å². The van der Waals surface area contributed by atoms with E-state index in [1.807, 2.05) is 13.8 Å². The van der Waals surface area contributed by atoms with E-state index >= 15 is 0 Å². The number of hydrogen-bond acceptors (Lipinski definition) is 2. The summed E-state index contributed by atoms with van der Waals surface area (Å²) in [4.78, 5) is 0. The molecule has 21 heavy (non-hydrogen) atoms. The first-order valence-corrected chi connectivity index (χ1v) is 6.60. The highest BCUT2D eigenvalue weighted by Crippen LogP contribution is 2.37. The molecule has 1 aromatic carbocycles. The fraction of sp³-hybridized carbons (Fsp3) is 0.400. The highest BCUT2D eigenvalue weighted by atomic mass is 19.4. The molecule has 1 heterocycles. The van der Waals surface area contributed by atoms with Gasteiger partial charge >= 0.3 is 6.18 Å². The minimum atomic E-state index is -4.37. The molecule has 2 aromatic rings. The highest BCUT2D eigenvalue weighted by molar-refractivity contribution is 5.69. The summed E-state index contributed by atoms with van der Waals surface area (Å²) >= 11 is 0. The molecular weight excluding hydrogens is 281 g/mol. The molecule has 0 atom stereocenters. The second-order valence-electron chi connectivity index (χ2n) is 5.16. The van der Waals surface area contributed by atoms with Crippen LogP contribution in [0.4, 0.5) is 13.2 Å². The van der Waals surface area contributed by atoms with Crippen LogP contribution in [0, 0.1) is 0 Å². The lowest BCUT2D eigenvalue weighted by molar-refractivity contribution is -0.153. The molecule has 0 saturated heterocycles. The van der Waals surface area contributed by atoms with E-state index in [2.05, 4.69) is 5.10 Å². The normalized spacial score (nSPS) is 12.0. The number of hydrogen-bond donors (Lipinski definition) is 0. The maximum absolute atomic E-state index is 12.5. The summed E-state index contributed by atoms with van der Waals surface area (Å²) < 4.78 is 44.1. The Hall–Kier alpha value is -1.98. The van der Waals surface area contributed by atoms with Gasteiger partial charge in [0.15, 0.2) is 6.61 Å². The van der Waals surface area contributed by atoms with Crippen molar-refractivity contribution in [3.05, 3.63) is 36.0 Å². The maximum atomic E-state index is 12.5. The average Bonchev–Trinajstić information content (AvgIpc) is 2.81. The van der Waals surface area contributed by atoms with Gasteiger partial charge in [0.1, 0.15) is 5.75 Å². The first kappa shape index (κ1) is 15.4. The number of para-hydroxylation sites is 1. The Kier molecular flexibility index (Phi) is 4.25. The van der Waals surface area contributed by atoms with Gasteiger partial charge in [0.05, 0.1) is 5.69 Å². The number of benzene rings is 1. The second kappa shape index (κ2) is 5.79. The van der Waals surface area contributed by atoms with Gasteiger partial charge in [-0.15, -0.1) is 0 Å². The number of aryl methyl sites for hydroxylation is 1. The zero-order valence-corrected chi connectivity index (χ0v) is 12.1. The molecule has 0 N–H and O–H groups in total. The van der Waals surface area contributed by atoms with Crippen LogP contribution in [0.2, 0.25) is 0 Å². The molecule has 0 aliphatic heterocycles. The van der Waals surface area contributed by atoms with Crippen molar-refractivity contribution in [2.75, 3.05) is 6.61 Å². The number of halogens is 3. The molecule has 0 amide bonds. The Morgan fingerprint density at radius 3 is 2.48 bits per heavy atom. The molecular formula is C15H17F3N2O. The topological polar surface area (TPSA) is 27.1 Å². The lowest BCUT2D eigenvalue weighted by Gasteiger charge is -2.18. The molecule has 6 heteroatoms. The third-order valence-electron chi connectivity index (χ3n) is 3.04. The Balaban J connectivity index is 2.46. The summed E-state index contributed by atoms with van der Waals surface area (Å²) in [5.74, 6) is 0.306. The van der Waals surface area contributed by atoms with Gasteiger partial charge in [-0.1, -0.05) is 26.0 Å². The van der Waals surface area contributed by atoms with Crippen molar-refractivity contribution < 1.29 is 17.9 Å². The van der Waals surface area contributed by atoms with Gasteiger partial charge < -0.3 is 4.74 Å². The van der Waals surface area contributed by atoms with E-state index in [0.29, 0.717) is 11.3 Å². The number of nitrogens with zero attached hydrogens (tertiary/aromatic N) is 2. The lowest BCUT2D eigenvalue weighted by atomic mass is 9.98. The predicted molar refractivity (Wildman–Crippen MR) is 74.3 cm³/mol. The number of aromatic nitrogens is 2. The average molecular weight is 298 g/mol. The first-order chi connectivity index (χ1) is 9.78. The van der Waals surface area contributed by atoms with Gasteiger partial charge in [-0.2, -0.15) is 18.3 Å². The van der Waals surface area contributed by atoms with E-state index in [1.165, 1.54) is 0 Å². The first-order valence-electron chi connectivity index (χ1n) is 6.60. The van der Waals surface area contributed by atoms with E-state index in [1.54, 1.807) is 42.2 Å². The van der Waals surface area contributed by atoms with Crippen molar-refractivity contribution in [3.8, 4) is 17.0 Å². The van der Waals surface area contributed by atoms with E-state index in [9.17, 15) is 13.2 Å². The molecule has 0 saturated carbocycles. The zero-order valence-electron chi connectivity index (χ0n) is 12.1. The van der Waals surface area contributed by atoms with Gasteiger partial charge in [-0.3, -0.25) is 4.68 Å². The van der Waals surface area contributed by atoms with E-state index in [4.69, 9.17) is 4.74 Å². The van der Waals surface area contributed by atoms with E-state index in [-0.39, 0.29) is 11.7 Å². The number of rotatable bonds is 4. The molecule has 0 spiro atoms. The summed E-state index contributed by atoms with van der Waals surface area (Å²) in [6.45, 7) is 2.52. The Bertz CT molecular complexity index is 618. The summed E-state index contributed by atoms with van der Waals surface area (Å²) in [6.07, 6.45) is -2.63. The highest BCUT2D eigenvalue weighted by Gasteiger charge is 2.30. The Labute approximate surface area is 121 Å². The smallest absolute Gasteiger partial charge is 0.422 e. The minimum absolute atomic E-state index is 0.0527. The van der Waals surface area contributed by atoms with E-state index in [0.717, 1.165) is 5.56 Å².